The van der Waals surface area contributed by atoms with Crippen LogP contribution in [0.3, 0.4) is 0 Å². The minimum atomic E-state index is -1.22. The Morgan fingerprint density at radius 2 is 1.61 bits per heavy atom. The third-order valence-electron chi connectivity index (χ3n) is 4.37. The quantitative estimate of drug-likeness (QED) is 0.134. The maximum absolute atomic E-state index is 12.7. The van der Waals surface area contributed by atoms with E-state index in [4.69, 9.17) is 16.6 Å². The van der Waals surface area contributed by atoms with Gasteiger partial charge >= 0.3 is 5.97 Å². The maximum atomic E-state index is 12.7. The number of hydrogen-bond acceptors (Lipinski definition) is 7. The van der Waals surface area contributed by atoms with Crippen LogP contribution < -0.4 is 27.4 Å². The number of aliphatic carboxylic acids is 1. The fraction of sp³-hybridized carbons (Fsp3) is 0.765. The van der Waals surface area contributed by atoms with Gasteiger partial charge in [-0.1, -0.05) is 20.3 Å². The molecule has 11 heteroatoms. The summed E-state index contributed by atoms with van der Waals surface area (Å²) >= 11 is 3.92. The second kappa shape index (κ2) is 14.2. The lowest BCUT2D eigenvalue weighted by Gasteiger charge is -2.27. The van der Waals surface area contributed by atoms with Gasteiger partial charge in [-0.15, -0.1) is 0 Å². The Balaban J connectivity index is 5.30. The molecule has 8 N–H and O–H groups in total. The van der Waals surface area contributed by atoms with Crippen molar-refractivity contribution in [2.45, 2.75) is 57.7 Å². The van der Waals surface area contributed by atoms with Crippen molar-refractivity contribution in [1.82, 2.24) is 16.0 Å². The standard InChI is InChI=1S/C17H33N5O5S/c1-3-10(2)14(22-13(23)8-19)16(25)20-11(6-4-5-7-18)15(24)21-12(9-28)17(26)27/h10-12,14,28H,3-9,18-19H2,1-2H3,(H,20,25)(H,21,24)(H,22,23)(H,26,27). The van der Waals surface area contributed by atoms with Crippen molar-refractivity contribution in [3.05, 3.63) is 0 Å². The van der Waals surface area contributed by atoms with Gasteiger partial charge in [0.25, 0.3) is 0 Å². The molecule has 4 atom stereocenters. The van der Waals surface area contributed by atoms with E-state index < -0.39 is 41.8 Å². The molecule has 0 aromatic heterocycles. The van der Waals surface area contributed by atoms with Crippen molar-refractivity contribution >= 4 is 36.3 Å². The highest BCUT2D eigenvalue weighted by Crippen LogP contribution is 2.10. The van der Waals surface area contributed by atoms with Gasteiger partial charge in [-0.3, -0.25) is 14.4 Å². The van der Waals surface area contributed by atoms with Crippen molar-refractivity contribution in [3.8, 4) is 0 Å². The van der Waals surface area contributed by atoms with Gasteiger partial charge in [-0.2, -0.15) is 12.6 Å². The smallest absolute Gasteiger partial charge is 0.327 e. The first-order chi connectivity index (χ1) is 13.2. The van der Waals surface area contributed by atoms with Crippen LogP contribution in [0.5, 0.6) is 0 Å². The molecule has 0 aliphatic heterocycles. The molecule has 0 aliphatic rings. The average molecular weight is 420 g/mol. The van der Waals surface area contributed by atoms with E-state index in [9.17, 15) is 19.2 Å². The Labute approximate surface area is 171 Å². The van der Waals surface area contributed by atoms with Gasteiger partial charge in [0, 0.05) is 5.75 Å². The summed E-state index contributed by atoms with van der Waals surface area (Å²) in [6, 6.07) is -2.99. The second-order valence-corrected chi connectivity index (χ2v) is 6.93. The monoisotopic (exact) mass is 419 g/mol. The molecule has 0 radical (unpaired) electrons. The molecule has 0 heterocycles. The van der Waals surface area contributed by atoms with E-state index >= 15 is 0 Å². The molecule has 0 aliphatic carbocycles. The predicted molar refractivity (Wildman–Crippen MR) is 109 cm³/mol. The topological polar surface area (TPSA) is 177 Å². The predicted octanol–water partition coefficient (Wildman–Crippen LogP) is -1.41. The summed E-state index contributed by atoms with van der Waals surface area (Å²) in [6.07, 6.45) is 2.11. The summed E-state index contributed by atoms with van der Waals surface area (Å²) in [5.74, 6) is -3.13. The van der Waals surface area contributed by atoms with Gasteiger partial charge in [0.05, 0.1) is 6.54 Å². The Bertz CT molecular complexity index is 534. The number of carboxylic acids is 1. The Morgan fingerprint density at radius 3 is 2.07 bits per heavy atom. The van der Waals surface area contributed by atoms with Crippen LogP contribution in [0, 0.1) is 5.92 Å². The SMILES string of the molecule is CCC(C)C(NC(=O)CN)C(=O)NC(CCCCN)C(=O)NC(CS)C(=O)O. The van der Waals surface area contributed by atoms with E-state index in [0.29, 0.717) is 25.8 Å². The highest BCUT2D eigenvalue weighted by molar-refractivity contribution is 7.80. The largest absolute Gasteiger partial charge is 0.480 e. The molecule has 0 spiro atoms. The van der Waals surface area contributed by atoms with Crippen LogP contribution in [0.15, 0.2) is 0 Å². The van der Waals surface area contributed by atoms with Gasteiger partial charge in [-0.05, 0) is 31.7 Å². The van der Waals surface area contributed by atoms with Gasteiger partial charge in [0.1, 0.15) is 18.1 Å². The number of rotatable bonds is 14. The maximum Gasteiger partial charge on any atom is 0.327 e. The number of nitrogens with one attached hydrogen (secondary N) is 3. The highest BCUT2D eigenvalue weighted by atomic mass is 32.1. The molecule has 3 amide bonds. The summed E-state index contributed by atoms with van der Waals surface area (Å²) in [5, 5.41) is 16.6. The first-order valence-corrected chi connectivity index (χ1v) is 9.98. The molecule has 0 saturated carbocycles. The lowest BCUT2D eigenvalue weighted by molar-refractivity contribution is -0.141. The fourth-order valence-corrected chi connectivity index (χ4v) is 2.66. The Morgan fingerprint density at radius 1 is 1.00 bits per heavy atom. The van der Waals surface area contributed by atoms with E-state index in [1.807, 2.05) is 6.92 Å². The van der Waals surface area contributed by atoms with Crippen molar-refractivity contribution in [2.75, 3.05) is 18.8 Å². The number of hydrogen-bond donors (Lipinski definition) is 7. The number of carbonyl (C=O) groups excluding carboxylic acids is 3. The third-order valence-corrected chi connectivity index (χ3v) is 4.74. The first-order valence-electron chi connectivity index (χ1n) is 9.35. The van der Waals surface area contributed by atoms with Gasteiger partial charge in [0.2, 0.25) is 17.7 Å². The number of nitrogens with two attached hydrogens (primary N) is 2. The molecule has 0 aromatic rings. The highest BCUT2D eigenvalue weighted by Gasteiger charge is 2.30. The normalized spacial score (nSPS) is 15.0. The molecule has 10 nitrogen and oxygen atoms in total. The lowest BCUT2D eigenvalue weighted by atomic mass is 9.97. The lowest BCUT2D eigenvalue weighted by Crippen LogP contribution is -2.57. The van der Waals surface area contributed by atoms with Gasteiger partial charge in [0.15, 0.2) is 0 Å². The third kappa shape index (κ3) is 9.38. The van der Waals surface area contributed by atoms with Gasteiger partial charge < -0.3 is 32.5 Å². The van der Waals surface area contributed by atoms with Crippen LogP contribution in [0.25, 0.3) is 0 Å². The van der Waals surface area contributed by atoms with Crippen molar-refractivity contribution in [2.24, 2.45) is 17.4 Å². The van der Waals surface area contributed by atoms with E-state index in [-0.39, 0.29) is 24.6 Å². The summed E-state index contributed by atoms with van der Waals surface area (Å²) in [4.78, 5) is 48.0. The number of thiol groups is 1. The van der Waals surface area contributed by atoms with Gasteiger partial charge in [-0.25, -0.2) is 4.79 Å². The minimum Gasteiger partial charge on any atom is -0.480 e. The summed E-state index contributed by atoms with van der Waals surface area (Å²) < 4.78 is 0. The molecule has 0 fully saturated rings. The van der Waals surface area contributed by atoms with Crippen molar-refractivity contribution in [3.63, 3.8) is 0 Å². The summed E-state index contributed by atoms with van der Waals surface area (Å²) in [7, 11) is 0. The molecule has 162 valence electrons. The van der Waals surface area contributed by atoms with Crippen LogP contribution in [0.2, 0.25) is 0 Å². The van der Waals surface area contributed by atoms with Crippen LogP contribution in [-0.2, 0) is 19.2 Å². The second-order valence-electron chi connectivity index (χ2n) is 6.56. The van der Waals surface area contributed by atoms with Crippen LogP contribution in [0.1, 0.15) is 39.5 Å². The number of carboxylic acid groups (broad SMARTS) is 1. The van der Waals surface area contributed by atoms with Crippen molar-refractivity contribution < 1.29 is 24.3 Å². The average Bonchev–Trinajstić information content (AvgIpc) is 2.67. The fourth-order valence-electron chi connectivity index (χ4n) is 2.42. The summed E-state index contributed by atoms with van der Waals surface area (Å²) in [5.41, 5.74) is 10.8. The number of unbranched alkanes of at least 4 members (excludes halogenated alkanes) is 1. The zero-order valence-electron chi connectivity index (χ0n) is 16.4. The van der Waals surface area contributed by atoms with E-state index in [0.717, 1.165) is 0 Å². The minimum absolute atomic E-state index is 0.0907. The molecule has 0 rings (SSSR count). The zero-order chi connectivity index (χ0) is 21.7. The van der Waals surface area contributed by atoms with Crippen molar-refractivity contribution in [1.29, 1.82) is 0 Å². The molecule has 0 bridgehead atoms. The molecule has 4 unspecified atom stereocenters. The number of carbonyl (C=O) groups is 4. The van der Waals surface area contributed by atoms with Crippen LogP contribution >= 0.6 is 12.6 Å². The van der Waals surface area contributed by atoms with Crippen LogP contribution in [0.4, 0.5) is 0 Å². The molecular weight excluding hydrogens is 386 g/mol. The zero-order valence-corrected chi connectivity index (χ0v) is 17.3. The first kappa shape index (κ1) is 26.1. The van der Waals surface area contributed by atoms with E-state index in [2.05, 4.69) is 28.6 Å². The van der Waals surface area contributed by atoms with Crippen LogP contribution in [-0.4, -0.2) is 65.8 Å². The number of amides is 3. The Kier molecular flexibility index (Phi) is 13.3. The van der Waals surface area contributed by atoms with E-state index in [1.54, 1.807) is 6.92 Å². The Hall–Kier alpha value is -1.85. The molecule has 0 saturated heterocycles. The molecule has 0 aromatic carbocycles. The van der Waals surface area contributed by atoms with E-state index in [1.165, 1.54) is 0 Å². The summed E-state index contributed by atoms with van der Waals surface area (Å²) in [6.45, 7) is 3.84. The molecule has 28 heavy (non-hydrogen) atoms. The molecular formula is C17H33N5O5S.